The number of rotatable bonds is 6. The van der Waals surface area contributed by atoms with Crippen LogP contribution in [0.5, 0.6) is 0 Å². The summed E-state index contributed by atoms with van der Waals surface area (Å²) in [6.07, 6.45) is 9.10. The molecule has 2 aromatic rings. The van der Waals surface area contributed by atoms with Gasteiger partial charge in [0.25, 0.3) is 11.1 Å². The van der Waals surface area contributed by atoms with Crippen molar-refractivity contribution in [1.29, 1.82) is 0 Å². The van der Waals surface area contributed by atoms with E-state index in [4.69, 9.17) is 0 Å². The van der Waals surface area contributed by atoms with Gasteiger partial charge in [0.05, 0.1) is 23.8 Å². The van der Waals surface area contributed by atoms with Crippen molar-refractivity contribution in [2.45, 2.75) is 75.0 Å². The number of nitrogens with one attached hydrogen (secondary N) is 1. The topological polar surface area (TPSA) is 98.9 Å². The normalized spacial score (nSPS) is 20.1. The lowest BCUT2D eigenvalue weighted by Crippen LogP contribution is -2.34. The van der Waals surface area contributed by atoms with Gasteiger partial charge >= 0.3 is 0 Å². The van der Waals surface area contributed by atoms with Crippen molar-refractivity contribution < 1.29 is 4.79 Å². The predicted molar refractivity (Wildman–Crippen MR) is 118 cm³/mol. The maximum atomic E-state index is 12.8. The second-order valence-corrected chi connectivity index (χ2v) is 9.68. The number of nitrogens with zero attached hydrogens (tertiary/aromatic N) is 4. The molecule has 0 saturated heterocycles. The first-order valence-electron chi connectivity index (χ1n) is 11.2. The van der Waals surface area contributed by atoms with Crippen LogP contribution < -0.4 is 16.4 Å². The highest BCUT2D eigenvalue weighted by Crippen LogP contribution is 2.34. The number of aromatic nitrogens is 4. The van der Waals surface area contributed by atoms with E-state index in [0.29, 0.717) is 24.8 Å². The molecule has 0 aromatic carbocycles. The molecule has 1 atom stereocenters. The summed E-state index contributed by atoms with van der Waals surface area (Å²) in [6.45, 7) is 0.737. The van der Waals surface area contributed by atoms with Gasteiger partial charge in [-0.1, -0.05) is 24.6 Å². The summed E-state index contributed by atoms with van der Waals surface area (Å²) >= 11 is 1.55. The highest BCUT2D eigenvalue weighted by molar-refractivity contribution is 7.99. The minimum absolute atomic E-state index is 0.0280. The van der Waals surface area contributed by atoms with Crippen molar-refractivity contribution >= 4 is 17.7 Å². The monoisotopic (exact) mass is 441 g/mol. The molecule has 31 heavy (non-hydrogen) atoms. The van der Waals surface area contributed by atoms with Gasteiger partial charge in [0.2, 0.25) is 5.91 Å². The third kappa shape index (κ3) is 4.07. The summed E-state index contributed by atoms with van der Waals surface area (Å²) in [7, 11) is 0. The van der Waals surface area contributed by atoms with Gasteiger partial charge in [-0.15, -0.1) is 0 Å². The van der Waals surface area contributed by atoms with Crippen molar-refractivity contribution in [2.24, 2.45) is 0 Å². The maximum Gasteiger partial charge on any atom is 0.257 e. The Bertz CT molecular complexity index is 1120. The lowest BCUT2D eigenvalue weighted by molar-refractivity contribution is -0.121. The first-order chi connectivity index (χ1) is 15.1. The Morgan fingerprint density at radius 3 is 2.84 bits per heavy atom. The van der Waals surface area contributed by atoms with E-state index in [1.54, 1.807) is 28.7 Å². The molecular formula is C22H27N5O3S. The van der Waals surface area contributed by atoms with Gasteiger partial charge in [-0.3, -0.25) is 23.5 Å². The fourth-order valence-corrected chi connectivity index (χ4v) is 6.11. The van der Waals surface area contributed by atoms with Crippen molar-refractivity contribution in [3.8, 4) is 0 Å². The number of thioether (sulfide) groups is 1. The molecule has 2 aliphatic carbocycles. The minimum atomic E-state index is -0.166. The Kier molecular flexibility index (Phi) is 5.69. The van der Waals surface area contributed by atoms with Crippen LogP contribution in [-0.4, -0.2) is 37.3 Å². The van der Waals surface area contributed by atoms with Gasteiger partial charge in [0.1, 0.15) is 0 Å². The lowest BCUT2D eigenvalue weighted by Gasteiger charge is -2.15. The van der Waals surface area contributed by atoms with Crippen LogP contribution in [0.2, 0.25) is 0 Å². The Labute approximate surface area is 184 Å². The summed E-state index contributed by atoms with van der Waals surface area (Å²) in [5, 5.41) is 3.63. The largest absolute Gasteiger partial charge is 0.354 e. The molecule has 1 aliphatic heterocycles. The molecule has 1 unspecified atom stereocenters. The van der Waals surface area contributed by atoms with Crippen LogP contribution >= 0.6 is 11.8 Å². The third-order valence-electron chi connectivity index (χ3n) is 6.64. The zero-order valence-electron chi connectivity index (χ0n) is 17.5. The van der Waals surface area contributed by atoms with Gasteiger partial charge in [0, 0.05) is 42.8 Å². The van der Waals surface area contributed by atoms with E-state index in [2.05, 4.69) is 15.3 Å². The molecule has 0 bridgehead atoms. The van der Waals surface area contributed by atoms with Crippen LogP contribution in [0.1, 0.15) is 67.4 Å². The molecule has 3 aliphatic rings. The van der Waals surface area contributed by atoms with Gasteiger partial charge < -0.3 is 5.32 Å². The fourth-order valence-electron chi connectivity index (χ4n) is 4.96. The fraction of sp³-hybridized carbons (Fsp3) is 0.591. The molecule has 3 heterocycles. The first-order valence-corrected chi connectivity index (χ1v) is 12.2. The van der Waals surface area contributed by atoms with Crippen LogP contribution in [0, 0.1) is 0 Å². The standard InChI is InChI=1S/C22H27N5O3S/c28-19(10-15-12-31-22-25-17-7-3-6-16(17)21(30)27(15)22)23-8-9-26-13-24-18(11-20(26)29)14-4-1-2-5-14/h11,13-15H,1-10,12H2,(H,23,28). The summed E-state index contributed by atoms with van der Waals surface area (Å²) in [5.74, 6) is 0.979. The van der Waals surface area contributed by atoms with E-state index in [-0.39, 0.29) is 29.5 Å². The Morgan fingerprint density at radius 1 is 1.19 bits per heavy atom. The smallest absolute Gasteiger partial charge is 0.257 e. The molecule has 0 radical (unpaired) electrons. The zero-order valence-corrected chi connectivity index (χ0v) is 18.3. The van der Waals surface area contributed by atoms with Gasteiger partial charge in [-0.05, 0) is 32.1 Å². The molecular weight excluding hydrogens is 414 g/mol. The summed E-state index contributed by atoms with van der Waals surface area (Å²) in [4.78, 5) is 46.8. The highest BCUT2D eigenvalue weighted by atomic mass is 32.2. The Hall–Kier alpha value is -2.42. The first kappa shape index (κ1) is 20.5. The van der Waals surface area contributed by atoms with Crippen molar-refractivity contribution in [1.82, 2.24) is 24.4 Å². The average molecular weight is 442 g/mol. The van der Waals surface area contributed by atoms with E-state index < -0.39 is 0 Å². The van der Waals surface area contributed by atoms with Crippen LogP contribution in [-0.2, 0) is 24.2 Å². The van der Waals surface area contributed by atoms with E-state index in [1.165, 1.54) is 17.4 Å². The number of carbonyl (C=O) groups excluding carboxylic acids is 1. The number of hydrogen-bond acceptors (Lipinski definition) is 6. The lowest BCUT2D eigenvalue weighted by atomic mass is 10.0. The van der Waals surface area contributed by atoms with Gasteiger partial charge in [-0.2, -0.15) is 0 Å². The van der Waals surface area contributed by atoms with Crippen molar-refractivity contribution in [3.05, 3.63) is 50.1 Å². The Morgan fingerprint density at radius 2 is 2.03 bits per heavy atom. The second-order valence-electron chi connectivity index (χ2n) is 8.69. The summed E-state index contributed by atoms with van der Waals surface area (Å²) in [5.41, 5.74) is 2.61. The molecule has 1 amide bonds. The van der Waals surface area contributed by atoms with Gasteiger partial charge in [-0.25, -0.2) is 9.97 Å². The second kappa shape index (κ2) is 8.61. The molecule has 2 aromatic heterocycles. The van der Waals surface area contributed by atoms with Crippen molar-refractivity contribution in [2.75, 3.05) is 12.3 Å². The van der Waals surface area contributed by atoms with Crippen molar-refractivity contribution in [3.63, 3.8) is 0 Å². The molecule has 164 valence electrons. The number of fused-ring (bicyclic) bond motifs is 2. The molecule has 5 rings (SSSR count). The number of carbonyl (C=O) groups is 1. The number of amides is 1. The minimum Gasteiger partial charge on any atom is -0.354 e. The molecule has 8 nitrogen and oxygen atoms in total. The van der Waals surface area contributed by atoms with E-state index in [0.717, 1.165) is 54.2 Å². The van der Waals surface area contributed by atoms with E-state index in [9.17, 15) is 14.4 Å². The SMILES string of the molecule is O=C(CC1CSc2nc3c(c(=O)n21)CCC3)NCCn1cnc(C2CCCC2)cc1=O. The molecule has 1 saturated carbocycles. The number of hydrogen-bond donors (Lipinski definition) is 1. The van der Waals surface area contributed by atoms with Crippen LogP contribution in [0.15, 0.2) is 27.1 Å². The van der Waals surface area contributed by atoms with Gasteiger partial charge in [0.15, 0.2) is 5.16 Å². The van der Waals surface area contributed by atoms with Crippen LogP contribution in [0.4, 0.5) is 0 Å². The predicted octanol–water partition coefficient (Wildman–Crippen LogP) is 1.80. The molecule has 1 fully saturated rings. The third-order valence-corrected chi connectivity index (χ3v) is 7.74. The molecule has 1 N–H and O–H groups in total. The molecule has 0 spiro atoms. The van der Waals surface area contributed by atoms with E-state index >= 15 is 0 Å². The zero-order chi connectivity index (χ0) is 21.4. The molecule has 9 heteroatoms. The average Bonchev–Trinajstić information content (AvgIpc) is 3.50. The summed E-state index contributed by atoms with van der Waals surface area (Å²) in [6, 6.07) is 1.48. The maximum absolute atomic E-state index is 12.8. The quantitative estimate of drug-likeness (QED) is 0.687. The van der Waals surface area contributed by atoms with E-state index in [1.807, 2.05) is 0 Å². The van der Waals surface area contributed by atoms with Crippen LogP contribution in [0.3, 0.4) is 0 Å². The number of aryl methyl sites for hydroxylation is 1. The highest BCUT2D eigenvalue weighted by Gasteiger charge is 2.31. The summed E-state index contributed by atoms with van der Waals surface area (Å²) < 4.78 is 3.25. The van der Waals surface area contributed by atoms with Crippen LogP contribution in [0.25, 0.3) is 0 Å². The Balaban J connectivity index is 1.17.